The average Bonchev–Trinajstić information content (AvgIpc) is 3.15. The predicted octanol–water partition coefficient (Wildman–Crippen LogP) is 2.84. The highest BCUT2D eigenvalue weighted by atomic mass is 19.2. The van der Waals surface area contributed by atoms with Gasteiger partial charge in [-0.1, -0.05) is 18.2 Å². The third kappa shape index (κ3) is 3.37. The fourth-order valence-corrected chi connectivity index (χ4v) is 3.53. The van der Waals surface area contributed by atoms with Crippen LogP contribution in [0.2, 0.25) is 0 Å². The number of imidazole rings is 1. The van der Waals surface area contributed by atoms with E-state index in [2.05, 4.69) is 4.98 Å². The Morgan fingerprint density at radius 3 is 2.48 bits per heavy atom. The number of aromatic nitrogens is 4. The Kier molecular flexibility index (Phi) is 5.10. The molecule has 0 amide bonds. The number of carbonyl (C=O) groups is 1. The number of rotatable bonds is 5. The van der Waals surface area contributed by atoms with Gasteiger partial charge in [-0.15, -0.1) is 0 Å². The minimum Gasteiger partial charge on any atom is -0.317 e. The lowest BCUT2D eigenvalue weighted by Gasteiger charge is -2.13. The summed E-state index contributed by atoms with van der Waals surface area (Å²) in [5.74, 6) is -2.73. The molecule has 0 unspecified atom stereocenters. The zero-order valence-corrected chi connectivity index (χ0v) is 16.8. The molecule has 31 heavy (non-hydrogen) atoms. The van der Waals surface area contributed by atoms with Crippen molar-refractivity contribution in [3.63, 3.8) is 0 Å². The molecule has 2 aromatic carbocycles. The Bertz CT molecular complexity index is 1450. The summed E-state index contributed by atoms with van der Waals surface area (Å²) in [6.45, 7) is 3.30. The van der Waals surface area contributed by atoms with Gasteiger partial charge in [0.1, 0.15) is 0 Å². The molecular formula is C22H18F2N4O3. The number of para-hydroxylation sites is 1. The summed E-state index contributed by atoms with van der Waals surface area (Å²) in [4.78, 5) is 42.9. The van der Waals surface area contributed by atoms with Crippen molar-refractivity contribution in [2.75, 3.05) is 0 Å². The molecule has 0 aliphatic heterocycles. The van der Waals surface area contributed by atoms with Crippen LogP contribution in [-0.2, 0) is 13.1 Å². The maximum absolute atomic E-state index is 13.5. The first-order chi connectivity index (χ1) is 14.8. The van der Waals surface area contributed by atoms with Gasteiger partial charge < -0.3 is 4.57 Å². The van der Waals surface area contributed by atoms with E-state index in [1.54, 1.807) is 19.1 Å². The zero-order valence-electron chi connectivity index (χ0n) is 16.8. The number of carbonyl (C=O) groups excluding carboxylic acids is 1. The Morgan fingerprint density at radius 1 is 1.06 bits per heavy atom. The molecule has 0 spiro atoms. The van der Waals surface area contributed by atoms with Crippen molar-refractivity contribution in [2.45, 2.75) is 26.9 Å². The van der Waals surface area contributed by atoms with Gasteiger partial charge in [0.2, 0.25) is 0 Å². The maximum Gasteiger partial charge on any atom is 0.337 e. The second-order valence-electron chi connectivity index (χ2n) is 7.05. The highest BCUT2D eigenvalue weighted by Crippen LogP contribution is 2.17. The normalized spacial score (nSPS) is 11.2. The molecule has 0 aliphatic carbocycles. The molecular weight excluding hydrogens is 406 g/mol. The summed E-state index contributed by atoms with van der Waals surface area (Å²) in [5.41, 5.74) is 0.405. The van der Waals surface area contributed by atoms with Gasteiger partial charge >= 0.3 is 5.69 Å². The van der Waals surface area contributed by atoms with Crippen molar-refractivity contribution in [3.8, 4) is 5.69 Å². The lowest BCUT2D eigenvalue weighted by molar-refractivity contribution is 0.0972. The summed E-state index contributed by atoms with van der Waals surface area (Å²) >= 11 is 0. The van der Waals surface area contributed by atoms with Gasteiger partial charge in [0.25, 0.3) is 5.56 Å². The molecule has 0 bridgehead atoms. The van der Waals surface area contributed by atoms with E-state index in [4.69, 9.17) is 0 Å². The van der Waals surface area contributed by atoms with Crippen LogP contribution < -0.4 is 11.2 Å². The molecule has 0 aliphatic rings. The van der Waals surface area contributed by atoms with Crippen LogP contribution in [0.4, 0.5) is 8.78 Å². The smallest absolute Gasteiger partial charge is 0.317 e. The second kappa shape index (κ2) is 7.75. The van der Waals surface area contributed by atoms with Crippen LogP contribution in [-0.4, -0.2) is 24.5 Å². The molecule has 0 fully saturated rings. The van der Waals surface area contributed by atoms with E-state index in [0.29, 0.717) is 5.69 Å². The summed E-state index contributed by atoms with van der Waals surface area (Å²) in [6, 6.07) is 10.0. The molecule has 0 atom stereocenters. The van der Waals surface area contributed by atoms with Gasteiger partial charge in [0.05, 0.1) is 18.6 Å². The van der Waals surface area contributed by atoms with Crippen molar-refractivity contribution >= 4 is 16.9 Å². The SMILES string of the molecule is CCn1c(=O)c2c(ncn2CC(=O)c2ccc(F)c(F)c2)n(-c2ccccc2C)c1=O. The van der Waals surface area contributed by atoms with E-state index in [9.17, 15) is 23.2 Å². The van der Waals surface area contributed by atoms with Crippen LogP contribution >= 0.6 is 0 Å². The zero-order chi connectivity index (χ0) is 22.3. The minimum absolute atomic E-state index is 0.0382. The highest BCUT2D eigenvalue weighted by molar-refractivity contribution is 5.96. The quantitative estimate of drug-likeness (QED) is 0.462. The van der Waals surface area contributed by atoms with Crippen molar-refractivity contribution in [3.05, 3.63) is 92.4 Å². The van der Waals surface area contributed by atoms with Gasteiger partial charge in [-0.25, -0.2) is 23.1 Å². The molecule has 158 valence electrons. The minimum atomic E-state index is -1.14. The van der Waals surface area contributed by atoms with E-state index >= 15 is 0 Å². The monoisotopic (exact) mass is 424 g/mol. The van der Waals surface area contributed by atoms with Gasteiger partial charge in [-0.2, -0.15) is 0 Å². The molecule has 0 N–H and O–H groups in total. The fraction of sp³-hybridized carbons (Fsp3) is 0.182. The van der Waals surface area contributed by atoms with Crippen molar-refractivity contribution < 1.29 is 13.6 Å². The highest BCUT2D eigenvalue weighted by Gasteiger charge is 2.21. The molecule has 9 heteroatoms. The molecule has 7 nitrogen and oxygen atoms in total. The van der Waals surface area contributed by atoms with Crippen LogP contribution in [0.15, 0.2) is 58.4 Å². The molecule has 0 radical (unpaired) electrons. The van der Waals surface area contributed by atoms with E-state index in [1.807, 2.05) is 19.1 Å². The average molecular weight is 424 g/mol. The molecule has 4 rings (SSSR count). The lowest BCUT2D eigenvalue weighted by atomic mass is 10.1. The molecule has 0 saturated heterocycles. The third-order valence-electron chi connectivity index (χ3n) is 5.13. The second-order valence-corrected chi connectivity index (χ2v) is 7.05. The number of nitrogens with zero attached hydrogens (tertiary/aromatic N) is 4. The number of aryl methyl sites for hydroxylation is 1. The van der Waals surface area contributed by atoms with Crippen LogP contribution in [0.25, 0.3) is 16.9 Å². The van der Waals surface area contributed by atoms with E-state index in [-0.39, 0.29) is 29.8 Å². The number of halogens is 2. The summed E-state index contributed by atoms with van der Waals surface area (Å²) in [5, 5.41) is 0. The van der Waals surface area contributed by atoms with Crippen LogP contribution in [0.1, 0.15) is 22.8 Å². The number of hydrogen-bond donors (Lipinski definition) is 0. The fourth-order valence-electron chi connectivity index (χ4n) is 3.53. The van der Waals surface area contributed by atoms with Gasteiger partial charge in [-0.3, -0.25) is 14.2 Å². The first-order valence-electron chi connectivity index (χ1n) is 9.58. The molecule has 4 aromatic rings. The first kappa shape index (κ1) is 20.4. The van der Waals surface area contributed by atoms with Crippen LogP contribution in [0.3, 0.4) is 0 Å². The van der Waals surface area contributed by atoms with Crippen LogP contribution in [0, 0.1) is 18.6 Å². The van der Waals surface area contributed by atoms with E-state index in [0.717, 1.165) is 22.3 Å². The van der Waals surface area contributed by atoms with Gasteiger partial charge in [0.15, 0.2) is 28.6 Å². The Hall–Kier alpha value is -3.88. The largest absolute Gasteiger partial charge is 0.337 e. The van der Waals surface area contributed by atoms with Crippen molar-refractivity contribution in [2.24, 2.45) is 0 Å². The molecule has 2 aromatic heterocycles. The van der Waals surface area contributed by atoms with Crippen molar-refractivity contribution in [1.82, 2.24) is 18.7 Å². The number of Topliss-reactive ketones (excluding diaryl/α,β-unsaturated/α-hetero) is 1. The standard InChI is InChI=1S/C22H18F2N4O3/c1-3-27-21(30)19-20(28(22(27)31)17-7-5-4-6-13(17)2)25-12-26(19)11-18(29)14-8-9-15(23)16(24)10-14/h4-10,12H,3,11H2,1-2H3. The first-order valence-corrected chi connectivity index (χ1v) is 9.58. The van der Waals surface area contributed by atoms with E-state index < -0.39 is 28.7 Å². The van der Waals surface area contributed by atoms with Gasteiger partial charge in [-0.05, 0) is 43.7 Å². The van der Waals surface area contributed by atoms with E-state index in [1.165, 1.54) is 21.5 Å². The topological polar surface area (TPSA) is 78.9 Å². The number of fused-ring (bicyclic) bond motifs is 1. The summed E-state index contributed by atoms with van der Waals surface area (Å²) in [6.07, 6.45) is 1.29. The Morgan fingerprint density at radius 2 is 1.81 bits per heavy atom. The summed E-state index contributed by atoms with van der Waals surface area (Å²) < 4.78 is 30.4. The number of hydrogen-bond acceptors (Lipinski definition) is 4. The Labute approximate surface area is 174 Å². The van der Waals surface area contributed by atoms with Gasteiger partial charge in [0, 0.05) is 12.1 Å². The summed E-state index contributed by atoms with van der Waals surface area (Å²) in [7, 11) is 0. The maximum atomic E-state index is 13.5. The molecule has 2 heterocycles. The predicted molar refractivity (Wildman–Crippen MR) is 111 cm³/mol. The number of ketones is 1. The number of benzene rings is 2. The lowest BCUT2D eigenvalue weighted by Crippen LogP contribution is -2.40. The Balaban J connectivity index is 1.91. The van der Waals surface area contributed by atoms with Crippen LogP contribution in [0.5, 0.6) is 0 Å². The molecule has 0 saturated carbocycles. The van der Waals surface area contributed by atoms with Crippen molar-refractivity contribution in [1.29, 1.82) is 0 Å². The third-order valence-corrected chi connectivity index (χ3v) is 5.13.